The van der Waals surface area contributed by atoms with E-state index in [-0.39, 0.29) is 5.78 Å². The fourth-order valence-corrected chi connectivity index (χ4v) is 2.47. The van der Waals surface area contributed by atoms with Crippen LogP contribution in [-0.2, 0) is 14.3 Å². The third-order valence-corrected chi connectivity index (χ3v) is 3.76. The molecule has 0 atom stereocenters. The van der Waals surface area contributed by atoms with Crippen LogP contribution >= 0.6 is 0 Å². The Labute approximate surface area is 162 Å². The van der Waals surface area contributed by atoms with Crippen LogP contribution in [-0.4, -0.2) is 38.5 Å². The second-order valence-corrected chi connectivity index (χ2v) is 5.67. The maximum absolute atomic E-state index is 12.0. The molecule has 0 bridgehead atoms. The number of ether oxygens (including phenoxy) is 3. The number of amides is 1. The summed E-state index contributed by atoms with van der Waals surface area (Å²) in [6, 6.07) is 11.8. The fraction of sp³-hybridized carbons (Fsp3) is 0.190. The maximum atomic E-state index is 12.0. The first kappa shape index (κ1) is 20.7. The van der Waals surface area contributed by atoms with E-state index in [1.165, 1.54) is 33.3 Å². The molecule has 2 aromatic rings. The van der Waals surface area contributed by atoms with Crippen LogP contribution < -0.4 is 14.8 Å². The molecular weight excluding hydrogens is 362 g/mol. The van der Waals surface area contributed by atoms with Gasteiger partial charge in [0.2, 0.25) is 0 Å². The van der Waals surface area contributed by atoms with E-state index in [0.29, 0.717) is 28.3 Å². The van der Waals surface area contributed by atoms with Gasteiger partial charge in [-0.2, -0.15) is 0 Å². The summed E-state index contributed by atoms with van der Waals surface area (Å²) < 4.78 is 15.4. The number of Topliss-reactive ketones (excluding diaryl/α,β-unsaturated/α-hetero) is 1. The molecule has 2 rings (SSSR count). The van der Waals surface area contributed by atoms with E-state index in [1.807, 2.05) is 0 Å². The molecule has 146 valence electrons. The summed E-state index contributed by atoms with van der Waals surface area (Å²) >= 11 is 0. The first-order valence-corrected chi connectivity index (χ1v) is 8.42. The monoisotopic (exact) mass is 383 g/mol. The largest absolute Gasteiger partial charge is 0.493 e. The fourth-order valence-electron chi connectivity index (χ4n) is 2.47. The van der Waals surface area contributed by atoms with E-state index < -0.39 is 18.5 Å². The van der Waals surface area contributed by atoms with Crippen LogP contribution in [0.1, 0.15) is 22.8 Å². The predicted octanol–water partition coefficient (Wildman–Crippen LogP) is 3.10. The molecule has 0 aromatic heterocycles. The standard InChI is InChI=1S/C21H21NO6/c1-14(23)16-8-4-5-9-17(16)22-19(24)13-28-20(25)12-11-15-7-6-10-18(26-2)21(15)27-3/h4-12H,13H2,1-3H3,(H,22,24)/b12-11+. The van der Waals surface area contributed by atoms with E-state index in [4.69, 9.17) is 14.2 Å². The number of hydrogen-bond acceptors (Lipinski definition) is 6. The molecule has 0 aliphatic heterocycles. The number of hydrogen-bond donors (Lipinski definition) is 1. The van der Waals surface area contributed by atoms with Gasteiger partial charge in [0.15, 0.2) is 23.9 Å². The van der Waals surface area contributed by atoms with Crippen LogP contribution in [0.2, 0.25) is 0 Å². The highest BCUT2D eigenvalue weighted by molar-refractivity contribution is 6.04. The van der Waals surface area contributed by atoms with Gasteiger partial charge >= 0.3 is 5.97 Å². The van der Waals surface area contributed by atoms with E-state index in [0.717, 1.165) is 0 Å². The van der Waals surface area contributed by atoms with Crippen molar-refractivity contribution in [2.24, 2.45) is 0 Å². The van der Waals surface area contributed by atoms with Crippen molar-refractivity contribution in [2.75, 3.05) is 26.1 Å². The molecule has 0 saturated carbocycles. The molecule has 1 N–H and O–H groups in total. The quantitative estimate of drug-likeness (QED) is 0.428. The summed E-state index contributed by atoms with van der Waals surface area (Å²) in [7, 11) is 3.01. The molecule has 28 heavy (non-hydrogen) atoms. The van der Waals surface area contributed by atoms with Crippen LogP contribution in [0.3, 0.4) is 0 Å². The van der Waals surface area contributed by atoms with Gasteiger partial charge in [0.05, 0.1) is 19.9 Å². The molecule has 0 spiro atoms. The highest BCUT2D eigenvalue weighted by Crippen LogP contribution is 2.31. The van der Waals surface area contributed by atoms with Crippen LogP contribution in [0, 0.1) is 0 Å². The van der Waals surface area contributed by atoms with Gasteiger partial charge in [0.1, 0.15) is 0 Å². The molecule has 0 aliphatic carbocycles. The van der Waals surface area contributed by atoms with Crippen molar-refractivity contribution in [1.82, 2.24) is 0 Å². The van der Waals surface area contributed by atoms with Gasteiger partial charge in [-0.1, -0.05) is 24.3 Å². The van der Waals surface area contributed by atoms with Gasteiger partial charge in [-0.25, -0.2) is 4.79 Å². The number of para-hydroxylation sites is 2. The molecule has 0 saturated heterocycles. The highest BCUT2D eigenvalue weighted by Gasteiger charge is 2.11. The van der Waals surface area contributed by atoms with E-state index in [2.05, 4.69) is 5.32 Å². The molecule has 0 radical (unpaired) electrons. The number of esters is 1. The van der Waals surface area contributed by atoms with Gasteiger partial charge in [-0.15, -0.1) is 0 Å². The Morgan fingerprint density at radius 3 is 2.43 bits per heavy atom. The lowest BCUT2D eigenvalue weighted by atomic mass is 10.1. The Morgan fingerprint density at radius 1 is 1.00 bits per heavy atom. The molecule has 7 nitrogen and oxygen atoms in total. The number of carbonyl (C=O) groups excluding carboxylic acids is 3. The molecule has 7 heteroatoms. The Balaban J connectivity index is 1.95. The summed E-state index contributed by atoms with van der Waals surface area (Å²) in [6.07, 6.45) is 2.70. The number of ketones is 1. The zero-order valence-corrected chi connectivity index (χ0v) is 15.9. The van der Waals surface area contributed by atoms with Gasteiger partial charge < -0.3 is 19.5 Å². The number of carbonyl (C=O) groups is 3. The highest BCUT2D eigenvalue weighted by atomic mass is 16.5. The Hall–Kier alpha value is -3.61. The first-order chi connectivity index (χ1) is 13.5. The summed E-state index contributed by atoms with van der Waals surface area (Å²) in [5.74, 6) is -0.411. The predicted molar refractivity (Wildman–Crippen MR) is 105 cm³/mol. The second kappa shape index (κ2) is 9.91. The summed E-state index contributed by atoms with van der Waals surface area (Å²) in [6.45, 7) is 0.924. The van der Waals surface area contributed by atoms with Gasteiger partial charge in [-0.3, -0.25) is 9.59 Å². The average Bonchev–Trinajstić information content (AvgIpc) is 2.70. The Bertz CT molecular complexity index is 904. The van der Waals surface area contributed by atoms with Gasteiger partial charge in [-0.05, 0) is 31.2 Å². The topological polar surface area (TPSA) is 90.9 Å². The minimum atomic E-state index is -0.695. The number of anilines is 1. The van der Waals surface area contributed by atoms with Crippen LogP contribution in [0.5, 0.6) is 11.5 Å². The van der Waals surface area contributed by atoms with E-state index in [1.54, 1.807) is 42.5 Å². The minimum absolute atomic E-state index is 0.178. The lowest BCUT2D eigenvalue weighted by Gasteiger charge is -2.10. The van der Waals surface area contributed by atoms with Crippen molar-refractivity contribution in [3.05, 3.63) is 59.7 Å². The number of nitrogens with one attached hydrogen (secondary N) is 1. The molecule has 0 aliphatic rings. The molecule has 0 heterocycles. The first-order valence-electron chi connectivity index (χ1n) is 8.42. The van der Waals surface area contributed by atoms with Gasteiger partial charge in [0.25, 0.3) is 5.91 Å². The lowest BCUT2D eigenvalue weighted by molar-refractivity contribution is -0.142. The second-order valence-electron chi connectivity index (χ2n) is 5.67. The van der Waals surface area contributed by atoms with Gasteiger partial charge in [0, 0.05) is 17.2 Å². The SMILES string of the molecule is COc1cccc(/C=C/C(=O)OCC(=O)Nc2ccccc2C(C)=O)c1OC. The van der Waals surface area contributed by atoms with E-state index >= 15 is 0 Å². The van der Waals surface area contributed by atoms with Crippen molar-refractivity contribution in [3.8, 4) is 11.5 Å². The summed E-state index contributed by atoms with van der Waals surface area (Å²) in [4.78, 5) is 35.4. The third kappa shape index (κ3) is 5.44. The normalized spacial score (nSPS) is 10.4. The lowest BCUT2D eigenvalue weighted by Crippen LogP contribution is -2.21. The number of methoxy groups -OCH3 is 2. The molecule has 0 unspecified atom stereocenters. The van der Waals surface area contributed by atoms with Crippen molar-refractivity contribution >= 4 is 29.4 Å². The van der Waals surface area contributed by atoms with E-state index in [9.17, 15) is 14.4 Å². The van der Waals surface area contributed by atoms with Crippen LogP contribution in [0.15, 0.2) is 48.5 Å². The third-order valence-electron chi connectivity index (χ3n) is 3.76. The maximum Gasteiger partial charge on any atom is 0.331 e. The zero-order chi connectivity index (χ0) is 20.5. The molecule has 2 aromatic carbocycles. The molecule has 0 fully saturated rings. The summed E-state index contributed by atoms with van der Waals surface area (Å²) in [5.41, 5.74) is 1.37. The van der Waals surface area contributed by atoms with Crippen LogP contribution in [0.4, 0.5) is 5.69 Å². The van der Waals surface area contributed by atoms with Crippen molar-refractivity contribution in [2.45, 2.75) is 6.92 Å². The summed E-state index contributed by atoms with van der Waals surface area (Å²) in [5, 5.41) is 2.56. The average molecular weight is 383 g/mol. The van der Waals surface area contributed by atoms with Crippen molar-refractivity contribution < 1.29 is 28.6 Å². The van der Waals surface area contributed by atoms with Crippen LogP contribution in [0.25, 0.3) is 6.08 Å². The zero-order valence-electron chi connectivity index (χ0n) is 15.9. The smallest absolute Gasteiger partial charge is 0.331 e. The molecular formula is C21H21NO6. The number of rotatable bonds is 8. The Kier molecular flexibility index (Phi) is 7.33. The van der Waals surface area contributed by atoms with Crippen molar-refractivity contribution in [1.29, 1.82) is 0 Å². The minimum Gasteiger partial charge on any atom is -0.493 e. The number of benzene rings is 2. The molecule has 1 amide bonds. The Morgan fingerprint density at radius 2 is 1.75 bits per heavy atom. The van der Waals surface area contributed by atoms with Crippen molar-refractivity contribution in [3.63, 3.8) is 0 Å².